The van der Waals surface area contributed by atoms with Gasteiger partial charge in [0.1, 0.15) is 5.60 Å². The first-order valence-electron chi connectivity index (χ1n) is 7.11. The van der Waals surface area contributed by atoms with Crippen LogP contribution >= 0.6 is 0 Å². The number of benzene rings is 1. The first-order valence-corrected chi connectivity index (χ1v) is 8.55. The molecule has 7 N–H and O–H groups in total. The highest BCUT2D eigenvalue weighted by Crippen LogP contribution is 2.30. The van der Waals surface area contributed by atoms with E-state index in [0.717, 1.165) is 13.8 Å². The third-order valence-electron chi connectivity index (χ3n) is 3.42. The second-order valence-corrected chi connectivity index (χ2v) is 7.97. The molecule has 0 fully saturated rings. The standard InChI is InChI=1S/C14H25N3O5S/c1-10(15)8-9-17(14(19,20)13(2,3)18)23(21,22)12-6-4-11(16)5-7-12/h4-7,10,18-20H,8-9,15-16H2,1-3H3. The molecule has 1 unspecified atom stereocenters. The predicted octanol–water partition coefficient (Wildman–Crippen LogP) is -0.594. The van der Waals surface area contributed by atoms with Gasteiger partial charge in [-0.25, -0.2) is 8.42 Å². The number of rotatable bonds is 7. The Kier molecular flexibility index (Phi) is 5.79. The second kappa shape index (κ2) is 6.71. The number of nitrogen functional groups attached to an aromatic ring is 1. The Bertz CT molecular complexity index is 621. The highest BCUT2D eigenvalue weighted by molar-refractivity contribution is 7.89. The lowest BCUT2D eigenvalue weighted by Gasteiger charge is -2.41. The largest absolute Gasteiger partial charge is 0.399 e. The Hall–Kier alpha value is -1.23. The zero-order chi connectivity index (χ0) is 18.1. The number of nitrogens with zero attached hydrogens (tertiary/aromatic N) is 1. The summed E-state index contributed by atoms with van der Waals surface area (Å²) in [5, 5.41) is 30.5. The van der Waals surface area contributed by atoms with Crippen molar-refractivity contribution in [3.8, 4) is 0 Å². The van der Waals surface area contributed by atoms with Gasteiger partial charge in [-0.05, 0) is 51.5 Å². The van der Waals surface area contributed by atoms with E-state index >= 15 is 0 Å². The number of hydrogen-bond donors (Lipinski definition) is 5. The monoisotopic (exact) mass is 347 g/mol. The molecular formula is C14H25N3O5S. The summed E-state index contributed by atoms with van der Waals surface area (Å²) in [7, 11) is -4.29. The van der Waals surface area contributed by atoms with E-state index in [-0.39, 0.29) is 23.9 Å². The van der Waals surface area contributed by atoms with Crippen LogP contribution < -0.4 is 11.5 Å². The lowest BCUT2D eigenvalue weighted by molar-refractivity contribution is -0.317. The molecule has 9 heteroatoms. The molecule has 1 aromatic rings. The van der Waals surface area contributed by atoms with Gasteiger partial charge < -0.3 is 26.8 Å². The quantitative estimate of drug-likeness (QED) is 0.326. The average molecular weight is 347 g/mol. The zero-order valence-corrected chi connectivity index (χ0v) is 14.3. The van der Waals surface area contributed by atoms with Crippen molar-refractivity contribution in [3.05, 3.63) is 24.3 Å². The Balaban J connectivity index is 3.35. The summed E-state index contributed by atoms with van der Waals surface area (Å²) < 4.78 is 26.0. The minimum atomic E-state index is -4.29. The molecule has 0 bridgehead atoms. The van der Waals surface area contributed by atoms with Crippen molar-refractivity contribution in [1.82, 2.24) is 4.31 Å². The van der Waals surface area contributed by atoms with Crippen molar-refractivity contribution in [2.24, 2.45) is 5.73 Å². The fraction of sp³-hybridized carbons (Fsp3) is 0.571. The molecule has 1 atom stereocenters. The van der Waals surface area contributed by atoms with E-state index < -0.39 is 21.5 Å². The van der Waals surface area contributed by atoms with E-state index in [1.54, 1.807) is 6.92 Å². The van der Waals surface area contributed by atoms with Crippen LogP contribution in [0.2, 0.25) is 0 Å². The molecule has 0 aliphatic rings. The summed E-state index contributed by atoms with van der Waals surface area (Å²) >= 11 is 0. The number of aliphatic hydroxyl groups is 3. The van der Waals surface area contributed by atoms with Crippen molar-refractivity contribution in [2.75, 3.05) is 12.3 Å². The second-order valence-electron chi connectivity index (χ2n) is 6.11. The van der Waals surface area contributed by atoms with Gasteiger partial charge in [0, 0.05) is 18.3 Å². The molecule has 0 saturated carbocycles. The summed E-state index contributed by atoms with van der Waals surface area (Å²) in [6.45, 7) is 3.59. The smallest absolute Gasteiger partial charge is 0.268 e. The van der Waals surface area contributed by atoms with E-state index in [4.69, 9.17) is 11.5 Å². The summed E-state index contributed by atoms with van der Waals surface area (Å²) in [6.07, 6.45) is 0.174. The first kappa shape index (κ1) is 19.8. The van der Waals surface area contributed by atoms with Gasteiger partial charge in [-0.2, -0.15) is 0 Å². The molecule has 0 aliphatic heterocycles. The predicted molar refractivity (Wildman–Crippen MR) is 86.5 cm³/mol. The molecule has 23 heavy (non-hydrogen) atoms. The minimum Gasteiger partial charge on any atom is -0.399 e. The summed E-state index contributed by atoms with van der Waals surface area (Å²) in [4.78, 5) is -0.173. The van der Waals surface area contributed by atoms with Crippen molar-refractivity contribution < 1.29 is 23.7 Å². The van der Waals surface area contributed by atoms with Crippen LogP contribution in [0.3, 0.4) is 0 Å². The van der Waals surface area contributed by atoms with E-state index in [1.165, 1.54) is 24.3 Å². The fourth-order valence-corrected chi connectivity index (χ4v) is 3.48. The van der Waals surface area contributed by atoms with Crippen molar-refractivity contribution in [3.63, 3.8) is 0 Å². The van der Waals surface area contributed by atoms with Gasteiger partial charge >= 0.3 is 0 Å². The maximum atomic E-state index is 12.8. The molecule has 0 aliphatic carbocycles. The average Bonchev–Trinajstić information content (AvgIpc) is 2.37. The molecule has 0 radical (unpaired) electrons. The number of sulfonamides is 1. The molecule has 132 valence electrons. The van der Waals surface area contributed by atoms with E-state index in [1.807, 2.05) is 0 Å². The van der Waals surface area contributed by atoms with Crippen LogP contribution in [0.15, 0.2) is 29.2 Å². The number of hydrogen-bond acceptors (Lipinski definition) is 7. The van der Waals surface area contributed by atoms with Crippen LogP contribution in [0, 0.1) is 0 Å². The van der Waals surface area contributed by atoms with Crippen LogP contribution in [-0.2, 0) is 10.0 Å². The molecule has 0 saturated heterocycles. The van der Waals surface area contributed by atoms with Gasteiger partial charge in [0.2, 0.25) is 10.0 Å². The summed E-state index contributed by atoms with van der Waals surface area (Å²) in [5.74, 6) is -3.01. The lowest BCUT2D eigenvalue weighted by atomic mass is 10.1. The highest BCUT2D eigenvalue weighted by atomic mass is 32.2. The highest BCUT2D eigenvalue weighted by Gasteiger charge is 2.51. The molecule has 0 spiro atoms. The topological polar surface area (TPSA) is 150 Å². The summed E-state index contributed by atoms with van der Waals surface area (Å²) in [5.41, 5.74) is 9.42. The molecule has 0 amide bonds. The molecule has 0 heterocycles. The molecule has 1 aromatic carbocycles. The fourth-order valence-electron chi connectivity index (χ4n) is 1.84. The van der Waals surface area contributed by atoms with Gasteiger partial charge in [-0.15, -0.1) is 4.31 Å². The van der Waals surface area contributed by atoms with Crippen molar-refractivity contribution in [1.29, 1.82) is 0 Å². The lowest BCUT2D eigenvalue weighted by Crippen LogP contribution is -2.64. The summed E-state index contributed by atoms with van der Waals surface area (Å²) in [6, 6.07) is 4.92. The van der Waals surface area contributed by atoms with E-state index in [2.05, 4.69) is 0 Å². The third-order valence-corrected chi connectivity index (χ3v) is 5.31. The Morgan fingerprint density at radius 2 is 1.65 bits per heavy atom. The van der Waals surface area contributed by atoms with Gasteiger partial charge in [0.25, 0.3) is 5.91 Å². The molecule has 8 nitrogen and oxygen atoms in total. The van der Waals surface area contributed by atoms with E-state index in [9.17, 15) is 23.7 Å². The van der Waals surface area contributed by atoms with Crippen molar-refractivity contribution in [2.45, 2.75) is 49.6 Å². The van der Waals surface area contributed by atoms with Crippen LogP contribution in [0.25, 0.3) is 0 Å². The van der Waals surface area contributed by atoms with Gasteiger partial charge in [0.05, 0.1) is 4.90 Å². The van der Waals surface area contributed by atoms with Gasteiger partial charge in [-0.1, -0.05) is 0 Å². The maximum Gasteiger partial charge on any atom is 0.268 e. The van der Waals surface area contributed by atoms with Crippen LogP contribution in [-0.4, -0.2) is 52.1 Å². The van der Waals surface area contributed by atoms with E-state index in [0.29, 0.717) is 9.99 Å². The number of anilines is 1. The van der Waals surface area contributed by atoms with Crippen LogP contribution in [0.5, 0.6) is 0 Å². The normalized spacial score (nSPS) is 15.0. The minimum absolute atomic E-state index is 0.173. The Labute approximate surface area is 136 Å². The Morgan fingerprint density at radius 3 is 2.04 bits per heavy atom. The van der Waals surface area contributed by atoms with Crippen LogP contribution in [0.1, 0.15) is 27.2 Å². The molecule has 1 rings (SSSR count). The number of nitrogens with two attached hydrogens (primary N) is 2. The third kappa shape index (κ3) is 4.40. The van der Waals surface area contributed by atoms with Gasteiger partial charge in [-0.3, -0.25) is 0 Å². The van der Waals surface area contributed by atoms with Crippen molar-refractivity contribution >= 4 is 15.7 Å². The maximum absolute atomic E-state index is 12.8. The molecule has 0 aromatic heterocycles. The first-order chi connectivity index (χ1) is 10.3. The SMILES string of the molecule is CC(N)CCN(C(O)(O)C(C)(C)O)S(=O)(=O)c1ccc(N)cc1. The van der Waals surface area contributed by atoms with Gasteiger partial charge in [0.15, 0.2) is 0 Å². The Morgan fingerprint density at radius 1 is 1.17 bits per heavy atom. The molecular weight excluding hydrogens is 322 g/mol. The zero-order valence-electron chi connectivity index (χ0n) is 13.5. The van der Waals surface area contributed by atoms with Crippen LogP contribution in [0.4, 0.5) is 5.69 Å².